The van der Waals surface area contributed by atoms with Crippen LogP contribution in [0.1, 0.15) is 47.4 Å². The molecule has 0 aliphatic carbocycles. The van der Waals surface area contributed by atoms with Crippen LogP contribution in [-0.2, 0) is 0 Å². The first-order chi connectivity index (χ1) is 12.5. The molecule has 2 aromatic rings. The molecule has 0 bridgehead atoms. The average molecular weight is 356 g/mol. The smallest absolute Gasteiger partial charge is 0.162 e. The number of carbonyl (C=O) groups is 2. The van der Waals surface area contributed by atoms with Crippen molar-refractivity contribution in [2.45, 2.75) is 32.8 Å². The lowest BCUT2D eigenvalue weighted by Crippen LogP contribution is -2.25. The Morgan fingerprint density at radius 2 is 1.12 bits per heavy atom. The summed E-state index contributed by atoms with van der Waals surface area (Å²) in [6.45, 7) is 3.79. The molecule has 0 unspecified atom stereocenters. The summed E-state index contributed by atoms with van der Waals surface area (Å²) in [5.74, 6) is 1.33. The zero-order valence-electron chi connectivity index (χ0n) is 15.1. The second-order valence-corrected chi connectivity index (χ2v) is 5.88. The van der Waals surface area contributed by atoms with Crippen LogP contribution in [0.15, 0.2) is 48.5 Å². The quantitative estimate of drug-likeness (QED) is 0.657. The van der Waals surface area contributed by atoms with Crippen LogP contribution in [0.25, 0.3) is 0 Å². The topological polar surface area (TPSA) is 72.8 Å². The summed E-state index contributed by atoms with van der Waals surface area (Å²) >= 11 is 0. The summed E-state index contributed by atoms with van der Waals surface area (Å²) < 4.78 is 11.0. The second-order valence-electron chi connectivity index (χ2n) is 5.88. The van der Waals surface area contributed by atoms with E-state index in [2.05, 4.69) is 0 Å². The molecule has 26 heavy (non-hydrogen) atoms. The fraction of sp³-hybridized carbons (Fsp3) is 0.333. The molecule has 0 aliphatic rings. The van der Waals surface area contributed by atoms with Crippen LogP contribution in [0.2, 0.25) is 0 Å². The Labute approximate surface area is 153 Å². The van der Waals surface area contributed by atoms with Gasteiger partial charge in [-0.2, -0.15) is 0 Å². The maximum Gasteiger partial charge on any atom is 0.162 e. The molecule has 0 heterocycles. The van der Waals surface area contributed by atoms with Gasteiger partial charge in [0.05, 0.1) is 0 Å². The number of benzene rings is 2. The predicted molar refractivity (Wildman–Crippen MR) is 99.1 cm³/mol. The summed E-state index contributed by atoms with van der Waals surface area (Å²) in [6, 6.07) is 13.7. The van der Waals surface area contributed by atoms with Crippen molar-refractivity contribution in [2.24, 2.45) is 0 Å². The largest absolute Gasteiger partial charge is 0.491 e. The van der Waals surface area contributed by atoms with E-state index in [0.29, 0.717) is 35.5 Å². The van der Waals surface area contributed by atoms with Crippen LogP contribution < -0.4 is 9.47 Å². The first-order valence-electron chi connectivity index (χ1n) is 8.73. The molecular weight excluding hydrogens is 332 g/mol. The van der Waals surface area contributed by atoms with Gasteiger partial charge in [0.2, 0.25) is 0 Å². The van der Waals surface area contributed by atoms with Crippen LogP contribution in [0, 0.1) is 0 Å². The van der Waals surface area contributed by atoms with Crippen molar-refractivity contribution in [3.05, 3.63) is 59.7 Å². The summed E-state index contributed by atoms with van der Waals surface area (Å²) in [5, 5.41) is 9.98. The zero-order chi connectivity index (χ0) is 18.9. The first-order valence-corrected chi connectivity index (χ1v) is 8.73. The van der Waals surface area contributed by atoms with Gasteiger partial charge >= 0.3 is 0 Å². The Bertz CT molecular complexity index is 656. The molecule has 0 fully saturated rings. The second kappa shape index (κ2) is 9.73. The van der Waals surface area contributed by atoms with E-state index >= 15 is 0 Å². The average Bonchev–Trinajstić information content (AvgIpc) is 2.70. The monoisotopic (exact) mass is 356 g/mol. The maximum absolute atomic E-state index is 11.6. The van der Waals surface area contributed by atoms with Gasteiger partial charge in [0.15, 0.2) is 11.6 Å². The fourth-order valence-corrected chi connectivity index (χ4v) is 2.32. The number of aliphatic hydroxyl groups excluding tert-OH is 1. The van der Waals surface area contributed by atoms with E-state index in [0.717, 1.165) is 0 Å². The Kier molecular flexibility index (Phi) is 7.36. The highest BCUT2D eigenvalue weighted by Gasteiger charge is 2.09. The third-order valence-corrected chi connectivity index (χ3v) is 3.88. The molecule has 2 rings (SSSR count). The maximum atomic E-state index is 11.6. The van der Waals surface area contributed by atoms with Crippen LogP contribution in [-0.4, -0.2) is 36.0 Å². The van der Waals surface area contributed by atoms with Crippen molar-refractivity contribution in [2.75, 3.05) is 13.2 Å². The Hall–Kier alpha value is -2.66. The Morgan fingerprint density at radius 1 is 0.769 bits per heavy atom. The SMILES string of the molecule is CCC(=O)c1ccc(OCC(O)COc2ccc(C(=O)CC)cc2)cc1. The van der Waals surface area contributed by atoms with Gasteiger partial charge in [-0.1, -0.05) is 13.8 Å². The molecule has 0 spiro atoms. The van der Waals surface area contributed by atoms with E-state index in [1.807, 2.05) is 13.8 Å². The van der Waals surface area contributed by atoms with Crippen molar-refractivity contribution < 1.29 is 24.2 Å². The highest BCUT2D eigenvalue weighted by atomic mass is 16.5. The number of aliphatic hydroxyl groups is 1. The van der Waals surface area contributed by atoms with Crippen molar-refractivity contribution in [1.82, 2.24) is 0 Å². The summed E-state index contributed by atoms with van der Waals surface area (Å²) in [7, 11) is 0. The zero-order valence-corrected chi connectivity index (χ0v) is 15.1. The molecule has 0 atom stereocenters. The third-order valence-electron chi connectivity index (χ3n) is 3.88. The minimum atomic E-state index is -0.802. The molecule has 2 aromatic carbocycles. The Balaban J connectivity index is 1.77. The number of carbonyl (C=O) groups excluding carboxylic acids is 2. The van der Waals surface area contributed by atoms with E-state index in [9.17, 15) is 14.7 Å². The van der Waals surface area contributed by atoms with Crippen molar-refractivity contribution in [3.8, 4) is 11.5 Å². The van der Waals surface area contributed by atoms with Crippen molar-refractivity contribution >= 4 is 11.6 Å². The number of hydrogen-bond donors (Lipinski definition) is 1. The van der Waals surface area contributed by atoms with Gasteiger partial charge < -0.3 is 14.6 Å². The van der Waals surface area contributed by atoms with Gasteiger partial charge in [0, 0.05) is 24.0 Å². The van der Waals surface area contributed by atoms with E-state index in [1.54, 1.807) is 48.5 Å². The van der Waals surface area contributed by atoms with Crippen LogP contribution in [0.4, 0.5) is 0 Å². The molecule has 0 aliphatic heterocycles. The minimum absolute atomic E-state index is 0.0769. The minimum Gasteiger partial charge on any atom is -0.491 e. The van der Waals surface area contributed by atoms with Gasteiger partial charge in [0.1, 0.15) is 30.8 Å². The highest BCUT2D eigenvalue weighted by molar-refractivity contribution is 5.96. The normalized spacial score (nSPS) is 10.6. The summed E-state index contributed by atoms with van der Waals surface area (Å²) in [4.78, 5) is 23.1. The van der Waals surface area contributed by atoms with E-state index < -0.39 is 6.10 Å². The fourth-order valence-electron chi connectivity index (χ4n) is 2.32. The third kappa shape index (κ3) is 5.70. The molecule has 0 aromatic heterocycles. The van der Waals surface area contributed by atoms with Crippen LogP contribution >= 0.6 is 0 Å². The molecule has 0 saturated carbocycles. The van der Waals surface area contributed by atoms with E-state index in [1.165, 1.54) is 0 Å². The molecule has 5 nitrogen and oxygen atoms in total. The van der Waals surface area contributed by atoms with Crippen LogP contribution in [0.3, 0.4) is 0 Å². The van der Waals surface area contributed by atoms with Crippen molar-refractivity contribution in [1.29, 1.82) is 0 Å². The molecule has 138 valence electrons. The molecular formula is C21H24O5. The van der Waals surface area contributed by atoms with E-state index in [4.69, 9.17) is 9.47 Å². The van der Waals surface area contributed by atoms with Gasteiger partial charge in [-0.05, 0) is 48.5 Å². The molecule has 0 saturated heterocycles. The number of hydrogen-bond acceptors (Lipinski definition) is 5. The standard InChI is InChI=1S/C21H24O5/c1-3-20(23)15-5-9-18(10-6-15)25-13-17(22)14-26-19-11-7-16(8-12-19)21(24)4-2/h5-12,17,22H,3-4,13-14H2,1-2H3. The molecule has 1 N–H and O–H groups in total. The number of rotatable bonds is 10. The number of ether oxygens (including phenoxy) is 2. The first kappa shape index (κ1) is 19.7. The van der Waals surface area contributed by atoms with Gasteiger partial charge in [-0.3, -0.25) is 9.59 Å². The van der Waals surface area contributed by atoms with Gasteiger partial charge in [0.25, 0.3) is 0 Å². The van der Waals surface area contributed by atoms with Crippen molar-refractivity contribution in [3.63, 3.8) is 0 Å². The van der Waals surface area contributed by atoms with Crippen LogP contribution in [0.5, 0.6) is 11.5 Å². The lowest BCUT2D eigenvalue weighted by atomic mass is 10.1. The molecule has 5 heteroatoms. The predicted octanol–water partition coefficient (Wildman–Crippen LogP) is 3.69. The number of Topliss-reactive ketones (excluding diaryl/α,β-unsaturated/α-hetero) is 2. The highest BCUT2D eigenvalue weighted by Crippen LogP contribution is 2.15. The lowest BCUT2D eigenvalue weighted by Gasteiger charge is -2.14. The molecule has 0 amide bonds. The number of ketones is 2. The summed E-state index contributed by atoms with van der Waals surface area (Å²) in [5.41, 5.74) is 1.29. The Morgan fingerprint density at radius 3 is 1.42 bits per heavy atom. The lowest BCUT2D eigenvalue weighted by molar-refractivity contribution is 0.0626. The van der Waals surface area contributed by atoms with Gasteiger partial charge in [-0.25, -0.2) is 0 Å². The molecule has 0 radical (unpaired) electrons. The van der Waals surface area contributed by atoms with E-state index in [-0.39, 0.29) is 24.8 Å². The summed E-state index contributed by atoms with van der Waals surface area (Å²) in [6.07, 6.45) is 0.122. The van der Waals surface area contributed by atoms with Gasteiger partial charge in [-0.15, -0.1) is 0 Å².